The zero-order chi connectivity index (χ0) is 16.1. The summed E-state index contributed by atoms with van der Waals surface area (Å²) in [5.74, 6) is -1.11. The fourth-order valence-corrected chi connectivity index (χ4v) is 2.63. The summed E-state index contributed by atoms with van der Waals surface area (Å²) in [6.07, 6.45) is 3.39. The fraction of sp³-hybridized carbons (Fsp3) is 0.267. The summed E-state index contributed by atoms with van der Waals surface area (Å²) in [6.45, 7) is -0.531. The highest BCUT2D eigenvalue weighted by atomic mass is 32.2. The van der Waals surface area contributed by atoms with Crippen LogP contribution in [-0.2, 0) is 14.3 Å². The van der Waals surface area contributed by atoms with Crippen molar-refractivity contribution in [1.82, 2.24) is 4.90 Å². The molecule has 1 atom stereocenters. The number of amidine groups is 1. The molecule has 116 valence electrons. The quantitative estimate of drug-likeness (QED) is 0.664. The number of benzene rings is 1. The van der Waals surface area contributed by atoms with Crippen molar-refractivity contribution in [2.45, 2.75) is 6.04 Å². The van der Waals surface area contributed by atoms with Gasteiger partial charge < -0.3 is 9.84 Å². The molecule has 0 unspecified atom stereocenters. The molecule has 1 aromatic carbocycles. The Kier molecular flexibility index (Phi) is 5.35. The van der Waals surface area contributed by atoms with E-state index in [0.29, 0.717) is 5.17 Å². The molecule has 0 bridgehead atoms. The Balaban J connectivity index is 2.35. The summed E-state index contributed by atoms with van der Waals surface area (Å²) in [5.41, 5.74) is 1.05. The van der Waals surface area contributed by atoms with Crippen molar-refractivity contribution in [3.05, 3.63) is 41.6 Å². The molecule has 0 aromatic heterocycles. The SMILES string of the molecule is COC(=O)[C@H](CO)N1C(=O)/C(=C/c2ccccc2)N=C1SC. The van der Waals surface area contributed by atoms with Crippen LogP contribution in [0.25, 0.3) is 6.08 Å². The maximum atomic E-state index is 12.5. The number of carbonyl (C=O) groups is 2. The molecule has 1 heterocycles. The van der Waals surface area contributed by atoms with Crippen molar-refractivity contribution in [3.8, 4) is 0 Å². The summed E-state index contributed by atoms with van der Waals surface area (Å²) in [6, 6.07) is 8.19. The van der Waals surface area contributed by atoms with Gasteiger partial charge in [0.1, 0.15) is 5.70 Å². The number of nitrogens with zero attached hydrogens (tertiary/aromatic N) is 2. The van der Waals surface area contributed by atoms with E-state index in [2.05, 4.69) is 9.73 Å². The second kappa shape index (κ2) is 7.24. The molecule has 0 aliphatic carbocycles. The molecule has 0 saturated heterocycles. The minimum absolute atomic E-state index is 0.220. The van der Waals surface area contributed by atoms with E-state index >= 15 is 0 Å². The first-order valence-electron chi connectivity index (χ1n) is 6.54. The first-order valence-corrected chi connectivity index (χ1v) is 7.76. The molecular weight excluding hydrogens is 304 g/mol. The third-order valence-corrected chi connectivity index (χ3v) is 3.76. The second-order valence-electron chi connectivity index (χ2n) is 4.44. The van der Waals surface area contributed by atoms with E-state index in [1.807, 2.05) is 30.3 Å². The van der Waals surface area contributed by atoms with Crippen molar-refractivity contribution in [1.29, 1.82) is 0 Å². The molecule has 1 aliphatic rings. The van der Waals surface area contributed by atoms with Gasteiger partial charge in [0.15, 0.2) is 11.2 Å². The molecule has 1 amide bonds. The third-order valence-electron chi connectivity index (χ3n) is 3.10. The summed E-state index contributed by atoms with van der Waals surface area (Å²) in [4.78, 5) is 29.7. The molecule has 0 saturated carbocycles. The number of ether oxygens (including phenoxy) is 1. The van der Waals surface area contributed by atoms with E-state index in [-0.39, 0.29) is 5.70 Å². The summed E-state index contributed by atoms with van der Waals surface area (Å²) in [5, 5.41) is 9.77. The van der Waals surface area contributed by atoms with Gasteiger partial charge in [0.25, 0.3) is 5.91 Å². The van der Waals surface area contributed by atoms with Crippen LogP contribution >= 0.6 is 11.8 Å². The zero-order valence-electron chi connectivity index (χ0n) is 12.2. The Morgan fingerprint density at radius 2 is 2.14 bits per heavy atom. The van der Waals surface area contributed by atoms with Crippen LogP contribution in [0, 0.1) is 0 Å². The molecule has 6 nitrogen and oxygen atoms in total. The van der Waals surface area contributed by atoms with Crippen molar-refractivity contribution in [2.24, 2.45) is 4.99 Å². The normalized spacial score (nSPS) is 17.6. The summed E-state index contributed by atoms with van der Waals surface area (Å²) in [7, 11) is 1.21. The van der Waals surface area contributed by atoms with Crippen LogP contribution in [0.4, 0.5) is 0 Å². The number of methoxy groups -OCH3 is 1. The average molecular weight is 320 g/mol. The highest BCUT2D eigenvalue weighted by Crippen LogP contribution is 2.25. The molecule has 1 aromatic rings. The van der Waals surface area contributed by atoms with E-state index in [9.17, 15) is 14.7 Å². The van der Waals surface area contributed by atoms with Crippen LogP contribution < -0.4 is 0 Å². The number of aliphatic hydroxyl groups excluding tert-OH is 1. The number of thioether (sulfide) groups is 1. The third kappa shape index (κ3) is 3.20. The number of esters is 1. The van der Waals surface area contributed by atoms with Gasteiger partial charge in [-0.2, -0.15) is 0 Å². The summed E-state index contributed by atoms with van der Waals surface area (Å²) >= 11 is 1.23. The molecule has 22 heavy (non-hydrogen) atoms. The van der Waals surface area contributed by atoms with Crippen molar-refractivity contribution < 1.29 is 19.4 Å². The van der Waals surface area contributed by atoms with Gasteiger partial charge in [0, 0.05) is 0 Å². The fourth-order valence-electron chi connectivity index (χ4n) is 2.03. The van der Waals surface area contributed by atoms with Crippen LogP contribution in [-0.4, -0.2) is 53.1 Å². The van der Waals surface area contributed by atoms with Gasteiger partial charge in [-0.3, -0.25) is 9.69 Å². The van der Waals surface area contributed by atoms with Gasteiger partial charge in [0.05, 0.1) is 13.7 Å². The molecule has 1 aliphatic heterocycles. The van der Waals surface area contributed by atoms with E-state index < -0.39 is 24.5 Å². The van der Waals surface area contributed by atoms with Crippen LogP contribution in [0.15, 0.2) is 41.0 Å². The lowest BCUT2D eigenvalue weighted by Crippen LogP contribution is -2.47. The monoisotopic (exact) mass is 320 g/mol. The van der Waals surface area contributed by atoms with Gasteiger partial charge >= 0.3 is 5.97 Å². The van der Waals surface area contributed by atoms with Crippen LogP contribution in [0.5, 0.6) is 0 Å². The first kappa shape index (κ1) is 16.3. The van der Waals surface area contributed by atoms with Gasteiger partial charge in [-0.1, -0.05) is 42.1 Å². The van der Waals surface area contributed by atoms with Crippen LogP contribution in [0.3, 0.4) is 0 Å². The predicted molar refractivity (Wildman–Crippen MR) is 85.1 cm³/mol. The molecular formula is C15H16N2O4S. The highest BCUT2D eigenvalue weighted by molar-refractivity contribution is 8.13. The van der Waals surface area contributed by atoms with E-state index in [1.54, 1.807) is 12.3 Å². The number of carbonyl (C=O) groups excluding carboxylic acids is 2. The van der Waals surface area contributed by atoms with Gasteiger partial charge in [-0.25, -0.2) is 9.79 Å². The van der Waals surface area contributed by atoms with E-state index in [4.69, 9.17) is 0 Å². The van der Waals surface area contributed by atoms with Crippen molar-refractivity contribution >= 4 is 34.9 Å². The Bertz CT molecular complexity index is 628. The number of hydrogen-bond donors (Lipinski definition) is 1. The van der Waals surface area contributed by atoms with Crippen LogP contribution in [0.2, 0.25) is 0 Å². The van der Waals surface area contributed by atoms with E-state index in [1.165, 1.54) is 23.8 Å². The lowest BCUT2D eigenvalue weighted by atomic mass is 10.2. The number of rotatable bonds is 4. The zero-order valence-corrected chi connectivity index (χ0v) is 13.0. The predicted octanol–water partition coefficient (Wildman–Crippen LogP) is 1.12. The molecule has 7 heteroatoms. The molecule has 0 spiro atoms. The average Bonchev–Trinajstić information content (AvgIpc) is 2.85. The number of aliphatic imine (C=N–C) groups is 1. The maximum absolute atomic E-state index is 12.5. The highest BCUT2D eigenvalue weighted by Gasteiger charge is 2.39. The first-order chi connectivity index (χ1) is 10.6. The second-order valence-corrected chi connectivity index (χ2v) is 5.21. The largest absolute Gasteiger partial charge is 0.467 e. The van der Waals surface area contributed by atoms with Crippen LogP contribution in [0.1, 0.15) is 5.56 Å². The van der Waals surface area contributed by atoms with Crippen molar-refractivity contribution in [2.75, 3.05) is 20.0 Å². The maximum Gasteiger partial charge on any atom is 0.331 e. The molecule has 0 radical (unpaired) electrons. The minimum atomic E-state index is -1.09. The van der Waals surface area contributed by atoms with E-state index in [0.717, 1.165) is 5.56 Å². The minimum Gasteiger partial charge on any atom is -0.467 e. The Morgan fingerprint density at radius 3 is 2.68 bits per heavy atom. The lowest BCUT2D eigenvalue weighted by Gasteiger charge is -2.23. The van der Waals surface area contributed by atoms with Gasteiger partial charge in [-0.15, -0.1) is 0 Å². The van der Waals surface area contributed by atoms with Gasteiger partial charge in [-0.05, 0) is 17.9 Å². The Hall–Kier alpha value is -2.12. The lowest BCUT2D eigenvalue weighted by molar-refractivity contribution is -0.149. The molecule has 0 fully saturated rings. The molecule has 1 N–H and O–H groups in total. The molecule has 2 rings (SSSR count). The number of amides is 1. The number of hydrogen-bond acceptors (Lipinski definition) is 6. The van der Waals surface area contributed by atoms with Gasteiger partial charge in [0.2, 0.25) is 0 Å². The number of aliphatic hydroxyl groups is 1. The Morgan fingerprint density at radius 1 is 1.45 bits per heavy atom. The standard InChI is InChI=1S/C15H16N2O4S/c1-21-14(20)12(9-18)17-13(19)11(16-15(17)22-2)8-10-6-4-3-5-7-10/h3-8,12,18H,9H2,1-2H3/b11-8-/t12-/m0/s1. The smallest absolute Gasteiger partial charge is 0.331 e. The summed E-state index contributed by atoms with van der Waals surface area (Å²) < 4.78 is 4.63. The Labute approximate surface area is 132 Å². The van der Waals surface area contributed by atoms with Crippen molar-refractivity contribution in [3.63, 3.8) is 0 Å². The topological polar surface area (TPSA) is 79.2 Å².